The molecule has 1 aromatic heterocycles. The van der Waals surface area contributed by atoms with E-state index in [-0.39, 0.29) is 16.8 Å². The lowest BCUT2D eigenvalue weighted by molar-refractivity contribution is 0.0686. The molecule has 0 amide bonds. The van der Waals surface area contributed by atoms with Crippen LogP contribution < -0.4 is 5.73 Å². The van der Waals surface area contributed by atoms with Gasteiger partial charge in [-0.1, -0.05) is 0 Å². The molecule has 2 aromatic rings. The van der Waals surface area contributed by atoms with Gasteiger partial charge in [0, 0.05) is 17.4 Å². The number of pyridine rings is 1. The SMILES string of the molecule is Nc1cc(C(=O)O)ccc1-c1ccc(C(=O)O)cn1. The van der Waals surface area contributed by atoms with Crippen molar-refractivity contribution in [2.24, 2.45) is 0 Å². The molecule has 19 heavy (non-hydrogen) atoms. The molecule has 4 N–H and O–H groups in total. The molecule has 1 heterocycles. The van der Waals surface area contributed by atoms with Crippen LogP contribution in [0.1, 0.15) is 20.7 Å². The zero-order valence-corrected chi connectivity index (χ0v) is 9.70. The Bertz CT molecular complexity index is 650. The zero-order chi connectivity index (χ0) is 14.0. The maximum atomic E-state index is 10.8. The van der Waals surface area contributed by atoms with Gasteiger partial charge in [0.1, 0.15) is 0 Å². The predicted molar refractivity (Wildman–Crippen MR) is 68.0 cm³/mol. The third kappa shape index (κ3) is 2.52. The largest absolute Gasteiger partial charge is 0.478 e. The van der Waals surface area contributed by atoms with E-state index in [4.69, 9.17) is 15.9 Å². The minimum absolute atomic E-state index is 0.0736. The number of carboxylic acids is 2. The Balaban J connectivity index is 2.41. The number of rotatable bonds is 3. The topological polar surface area (TPSA) is 114 Å². The molecule has 1 aromatic carbocycles. The minimum Gasteiger partial charge on any atom is -0.478 e. The van der Waals surface area contributed by atoms with Gasteiger partial charge in [0.2, 0.25) is 0 Å². The number of nitrogen functional groups attached to an aromatic ring is 1. The summed E-state index contributed by atoms with van der Waals surface area (Å²) in [5.41, 5.74) is 7.25. The second-order valence-corrected chi connectivity index (χ2v) is 3.84. The highest BCUT2D eigenvalue weighted by atomic mass is 16.4. The molecule has 0 radical (unpaired) electrons. The van der Waals surface area contributed by atoms with Crippen LogP contribution >= 0.6 is 0 Å². The van der Waals surface area contributed by atoms with Gasteiger partial charge in [-0.15, -0.1) is 0 Å². The fourth-order valence-electron chi connectivity index (χ4n) is 1.61. The van der Waals surface area contributed by atoms with Crippen molar-refractivity contribution < 1.29 is 19.8 Å². The van der Waals surface area contributed by atoms with Gasteiger partial charge in [-0.25, -0.2) is 9.59 Å². The summed E-state index contributed by atoms with van der Waals surface area (Å²) in [6.07, 6.45) is 1.22. The van der Waals surface area contributed by atoms with Crippen LogP contribution in [0.2, 0.25) is 0 Å². The summed E-state index contributed by atoms with van der Waals surface area (Å²) in [6, 6.07) is 7.23. The quantitative estimate of drug-likeness (QED) is 0.722. The summed E-state index contributed by atoms with van der Waals surface area (Å²) in [6.45, 7) is 0. The first-order valence-electron chi connectivity index (χ1n) is 5.31. The monoisotopic (exact) mass is 258 g/mol. The van der Waals surface area contributed by atoms with Crippen molar-refractivity contribution in [1.29, 1.82) is 0 Å². The van der Waals surface area contributed by atoms with Gasteiger partial charge in [-0.05, 0) is 30.3 Å². The summed E-state index contributed by atoms with van der Waals surface area (Å²) in [7, 11) is 0. The molecule has 0 atom stereocenters. The summed E-state index contributed by atoms with van der Waals surface area (Å²) >= 11 is 0. The Labute approximate surface area is 108 Å². The van der Waals surface area contributed by atoms with E-state index in [1.165, 1.54) is 30.5 Å². The van der Waals surface area contributed by atoms with Gasteiger partial charge in [-0.2, -0.15) is 0 Å². The van der Waals surface area contributed by atoms with Gasteiger partial charge >= 0.3 is 11.9 Å². The fraction of sp³-hybridized carbons (Fsp3) is 0. The molecule has 6 nitrogen and oxygen atoms in total. The van der Waals surface area contributed by atoms with Crippen LogP contribution in [0.5, 0.6) is 0 Å². The first-order valence-corrected chi connectivity index (χ1v) is 5.31. The van der Waals surface area contributed by atoms with Gasteiger partial charge in [0.15, 0.2) is 0 Å². The number of benzene rings is 1. The Hall–Kier alpha value is -2.89. The molecule has 0 fully saturated rings. The Morgan fingerprint density at radius 1 is 1.00 bits per heavy atom. The highest BCUT2D eigenvalue weighted by molar-refractivity contribution is 5.91. The molecule has 0 aliphatic rings. The predicted octanol–water partition coefficient (Wildman–Crippen LogP) is 1.73. The first kappa shape index (κ1) is 12.6. The van der Waals surface area contributed by atoms with Crippen LogP contribution in [0.25, 0.3) is 11.3 Å². The molecule has 0 aliphatic carbocycles. The Morgan fingerprint density at radius 2 is 1.63 bits per heavy atom. The van der Waals surface area contributed by atoms with E-state index < -0.39 is 11.9 Å². The average molecular weight is 258 g/mol. The lowest BCUT2D eigenvalue weighted by Crippen LogP contribution is -2.01. The number of carbonyl (C=O) groups is 2. The maximum absolute atomic E-state index is 10.8. The van der Waals surface area contributed by atoms with Gasteiger partial charge in [-0.3, -0.25) is 4.98 Å². The molecule has 0 saturated heterocycles. The van der Waals surface area contributed by atoms with E-state index in [2.05, 4.69) is 4.98 Å². The van der Waals surface area contributed by atoms with Gasteiger partial charge < -0.3 is 15.9 Å². The zero-order valence-electron chi connectivity index (χ0n) is 9.70. The standard InChI is InChI=1S/C13H10N2O4/c14-10-5-7(12(16)17)1-3-9(10)11-4-2-8(6-15-11)13(18)19/h1-6H,14H2,(H,16,17)(H,18,19). The molecule has 0 aliphatic heterocycles. The minimum atomic E-state index is -1.06. The summed E-state index contributed by atoms with van der Waals surface area (Å²) in [5, 5.41) is 17.6. The van der Waals surface area contributed by atoms with Crippen LogP contribution in [0.15, 0.2) is 36.5 Å². The highest BCUT2D eigenvalue weighted by Gasteiger charge is 2.10. The molecular formula is C13H10N2O4. The van der Waals surface area contributed by atoms with E-state index in [0.717, 1.165) is 0 Å². The number of anilines is 1. The number of nitrogens with two attached hydrogens (primary N) is 1. The normalized spacial score (nSPS) is 10.1. The van der Waals surface area contributed by atoms with Crippen molar-refractivity contribution in [2.75, 3.05) is 5.73 Å². The van der Waals surface area contributed by atoms with E-state index in [1.807, 2.05) is 0 Å². The lowest BCUT2D eigenvalue weighted by atomic mass is 10.1. The number of aromatic carboxylic acids is 2. The second-order valence-electron chi connectivity index (χ2n) is 3.84. The van der Waals surface area contributed by atoms with E-state index in [0.29, 0.717) is 11.3 Å². The summed E-state index contributed by atoms with van der Waals surface area (Å²) in [5.74, 6) is -2.12. The molecule has 0 bridgehead atoms. The average Bonchev–Trinajstić information content (AvgIpc) is 2.38. The lowest BCUT2D eigenvalue weighted by Gasteiger charge is -2.06. The van der Waals surface area contributed by atoms with Crippen molar-refractivity contribution in [2.45, 2.75) is 0 Å². The van der Waals surface area contributed by atoms with Gasteiger partial charge in [0.05, 0.1) is 16.8 Å². The van der Waals surface area contributed by atoms with Crippen molar-refractivity contribution >= 4 is 17.6 Å². The van der Waals surface area contributed by atoms with E-state index in [9.17, 15) is 9.59 Å². The molecule has 0 unspecified atom stereocenters. The highest BCUT2D eigenvalue weighted by Crippen LogP contribution is 2.25. The molecule has 0 spiro atoms. The number of aromatic nitrogens is 1. The third-order valence-electron chi connectivity index (χ3n) is 2.58. The Morgan fingerprint density at radius 3 is 2.11 bits per heavy atom. The van der Waals surface area contributed by atoms with Crippen LogP contribution in [0, 0.1) is 0 Å². The molecule has 6 heteroatoms. The summed E-state index contributed by atoms with van der Waals surface area (Å²) < 4.78 is 0. The molecule has 2 rings (SSSR count). The van der Waals surface area contributed by atoms with E-state index in [1.54, 1.807) is 6.07 Å². The van der Waals surface area contributed by atoms with Gasteiger partial charge in [0.25, 0.3) is 0 Å². The van der Waals surface area contributed by atoms with Crippen molar-refractivity contribution in [3.05, 3.63) is 47.7 Å². The molecular weight excluding hydrogens is 248 g/mol. The van der Waals surface area contributed by atoms with Crippen LogP contribution in [-0.2, 0) is 0 Å². The number of nitrogens with zero attached hydrogens (tertiary/aromatic N) is 1. The molecule has 0 saturated carbocycles. The van der Waals surface area contributed by atoms with Crippen molar-refractivity contribution in [3.8, 4) is 11.3 Å². The van der Waals surface area contributed by atoms with Crippen LogP contribution in [0.4, 0.5) is 5.69 Å². The van der Waals surface area contributed by atoms with E-state index >= 15 is 0 Å². The third-order valence-corrected chi connectivity index (χ3v) is 2.58. The second kappa shape index (κ2) is 4.77. The number of hydrogen-bond donors (Lipinski definition) is 3. The first-order chi connectivity index (χ1) is 8.99. The summed E-state index contributed by atoms with van der Waals surface area (Å²) in [4.78, 5) is 25.5. The van der Waals surface area contributed by atoms with Crippen molar-refractivity contribution in [3.63, 3.8) is 0 Å². The van der Waals surface area contributed by atoms with Crippen molar-refractivity contribution in [1.82, 2.24) is 4.98 Å². The van der Waals surface area contributed by atoms with Crippen LogP contribution in [-0.4, -0.2) is 27.1 Å². The number of hydrogen-bond acceptors (Lipinski definition) is 4. The maximum Gasteiger partial charge on any atom is 0.337 e. The Kier molecular flexibility index (Phi) is 3.15. The van der Waals surface area contributed by atoms with Crippen LogP contribution in [0.3, 0.4) is 0 Å². The number of carboxylic acid groups (broad SMARTS) is 2. The fourth-order valence-corrected chi connectivity index (χ4v) is 1.61. The smallest absolute Gasteiger partial charge is 0.337 e. The molecule has 96 valence electrons.